The van der Waals surface area contributed by atoms with Crippen molar-refractivity contribution in [2.45, 2.75) is 6.42 Å². The lowest BCUT2D eigenvalue weighted by Gasteiger charge is -2.06. The first-order valence-electron chi connectivity index (χ1n) is 5.52. The van der Waals surface area contributed by atoms with Gasteiger partial charge in [-0.2, -0.15) is 0 Å². The number of hydrogen-bond acceptors (Lipinski definition) is 3. The Kier molecular flexibility index (Phi) is 3.82. The standard InChI is InChI=1S/C13H12N2O3S/c14-13(18)15-10-9(7-19-11(10)12(16)17)6-8-4-2-1-3-5-8/h1-5,7H,6H2,(H,16,17)(H3,14,15,18). The Balaban J connectivity index is 2.34. The summed E-state index contributed by atoms with van der Waals surface area (Å²) in [5, 5.41) is 13.2. The van der Waals surface area contributed by atoms with Crippen LogP contribution in [0.15, 0.2) is 35.7 Å². The molecule has 0 radical (unpaired) electrons. The molecule has 0 saturated heterocycles. The molecule has 0 aliphatic carbocycles. The van der Waals surface area contributed by atoms with Gasteiger partial charge in [-0.25, -0.2) is 9.59 Å². The molecule has 2 rings (SSSR count). The molecule has 2 aromatic rings. The number of carboxylic acids is 1. The molecule has 0 fully saturated rings. The highest BCUT2D eigenvalue weighted by Crippen LogP contribution is 2.30. The second-order valence-electron chi connectivity index (χ2n) is 3.92. The quantitative estimate of drug-likeness (QED) is 0.801. The first-order valence-corrected chi connectivity index (χ1v) is 6.40. The second kappa shape index (κ2) is 5.53. The molecular formula is C13H12N2O3S. The number of urea groups is 1. The second-order valence-corrected chi connectivity index (χ2v) is 4.80. The summed E-state index contributed by atoms with van der Waals surface area (Å²) in [7, 11) is 0. The topological polar surface area (TPSA) is 92.4 Å². The summed E-state index contributed by atoms with van der Waals surface area (Å²) in [5.41, 5.74) is 7.14. The monoisotopic (exact) mass is 276 g/mol. The summed E-state index contributed by atoms with van der Waals surface area (Å²) in [5.74, 6) is -1.08. The Morgan fingerprint density at radius 2 is 1.95 bits per heavy atom. The van der Waals surface area contributed by atoms with Gasteiger partial charge in [-0.05, 0) is 16.5 Å². The fourth-order valence-corrected chi connectivity index (χ4v) is 2.62. The fraction of sp³-hybridized carbons (Fsp3) is 0.0769. The highest BCUT2D eigenvalue weighted by Gasteiger charge is 2.18. The Morgan fingerprint density at radius 3 is 2.53 bits per heavy atom. The van der Waals surface area contributed by atoms with E-state index in [2.05, 4.69) is 5.32 Å². The summed E-state index contributed by atoms with van der Waals surface area (Å²) in [6.45, 7) is 0. The SMILES string of the molecule is NC(=O)Nc1c(Cc2ccccc2)csc1C(=O)O. The molecule has 0 atom stereocenters. The molecule has 1 aromatic heterocycles. The van der Waals surface area contributed by atoms with Crippen molar-refractivity contribution in [2.24, 2.45) is 5.73 Å². The normalized spacial score (nSPS) is 10.1. The van der Waals surface area contributed by atoms with Crippen LogP contribution in [-0.2, 0) is 6.42 Å². The number of nitrogens with one attached hydrogen (secondary N) is 1. The molecule has 0 aliphatic heterocycles. The van der Waals surface area contributed by atoms with Crippen LogP contribution in [0.5, 0.6) is 0 Å². The van der Waals surface area contributed by atoms with Crippen LogP contribution in [0, 0.1) is 0 Å². The minimum Gasteiger partial charge on any atom is -0.477 e. The van der Waals surface area contributed by atoms with E-state index < -0.39 is 12.0 Å². The Bertz CT molecular complexity index is 608. The number of amides is 2. The zero-order valence-electron chi connectivity index (χ0n) is 9.92. The molecule has 4 N–H and O–H groups in total. The maximum absolute atomic E-state index is 11.1. The average molecular weight is 276 g/mol. The molecule has 0 spiro atoms. The predicted octanol–water partition coefficient (Wildman–Crippen LogP) is 2.53. The number of carbonyl (C=O) groups excluding carboxylic acids is 1. The lowest BCUT2D eigenvalue weighted by atomic mass is 10.1. The van der Waals surface area contributed by atoms with Gasteiger partial charge < -0.3 is 16.2 Å². The van der Waals surface area contributed by atoms with Gasteiger partial charge in [0.05, 0.1) is 5.69 Å². The zero-order chi connectivity index (χ0) is 13.8. The summed E-state index contributed by atoms with van der Waals surface area (Å²) in [4.78, 5) is 22.1. The summed E-state index contributed by atoms with van der Waals surface area (Å²) in [6.07, 6.45) is 0.542. The maximum Gasteiger partial charge on any atom is 0.348 e. The lowest BCUT2D eigenvalue weighted by Crippen LogP contribution is -2.21. The van der Waals surface area contributed by atoms with Crippen molar-refractivity contribution in [3.05, 3.63) is 51.7 Å². The first kappa shape index (κ1) is 13.1. The molecule has 6 heteroatoms. The third kappa shape index (κ3) is 3.11. The van der Waals surface area contributed by atoms with Crippen molar-refractivity contribution >= 4 is 29.0 Å². The molecule has 19 heavy (non-hydrogen) atoms. The van der Waals surface area contributed by atoms with E-state index in [1.165, 1.54) is 0 Å². The van der Waals surface area contributed by atoms with Gasteiger partial charge in [0.1, 0.15) is 4.88 Å². The van der Waals surface area contributed by atoms with Gasteiger partial charge in [-0.1, -0.05) is 30.3 Å². The molecule has 0 bridgehead atoms. The van der Waals surface area contributed by atoms with Gasteiger partial charge >= 0.3 is 12.0 Å². The van der Waals surface area contributed by atoms with E-state index in [4.69, 9.17) is 10.8 Å². The van der Waals surface area contributed by atoms with Crippen LogP contribution in [-0.4, -0.2) is 17.1 Å². The van der Waals surface area contributed by atoms with Crippen molar-refractivity contribution in [1.29, 1.82) is 0 Å². The smallest absolute Gasteiger partial charge is 0.348 e. The molecule has 0 unspecified atom stereocenters. The van der Waals surface area contributed by atoms with Gasteiger partial charge in [-0.3, -0.25) is 0 Å². The third-order valence-corrected chi connectivity index (χ3v) is 3.56. The number of hydrogen-bond donors (Lipinski definition) is 3. The molecular weight excluding hydrogens is 264 g/mol. The molecule has 98 valence electrons. The Morgan fingerprint density at radius 1 is 1.26 bits per heavy atom. The fourth-order valence-electron chi connectivity index (χ4n) is 1.76. The number of anilines is 1. The van der Waals surface area contributed by atoms with Gasteiger partial charge in [0.2, 0.25) is 0 Å². The van der Waals surface area contributed by atoms with Crippen LogP contribution < -0.4 is 11.1 Å². The Labute approximate surface area is 113 Å². The number of primary amides is 1. The molecule has 1 heterocycles. The number of thiophene rings is 1. The third-order valence-electron chi connectivity index (χ3n) is 2.55. The number of carboxylic acid groups (broad SMARTS) is 1. The van der Waals surface area contributed by atoms with E-state index in [0.29, 0.717) is 6.42 Å². The summed E-state index contributed by atoms with van der Waals surface area (Å²) < 4.78 is 0. The highest BCUT2D eigenvalue weighted by molar-refractivity contribution is 7.12. The maximum atomic E-state index is 11.1. The number of benzene rings is 1. The van der Waals surface area contributed by atoms with E-state index >= 15 is 0 Å². The lowest BCUT2D eigenvalue weighted by molar-refractivity contribution is 0.0703. The number of carbonyl (C=O) groups is 2. The van der Waals surface area contributed by atoms with E-state index in [0.717, 1.165) is 22.5 Å². The highest BCUT2D eigenvalue weighted by atomic mass is 32.1. The van der Waals surface area contributed by atoms with Crippen LogP contribution >= 0.6 is 11.3 Å². The van der Waals surface area contributed by atoms with Gasteiger partial charge in [0.25, 0.3) is 0 Å². The van der Waals surface area contributed by atoms with Crippen LogP contribution in [0.2, 0.25) is 0 Å². The molecule has 5 nitrogen and oxygen atoms in total. The van der Waals surface area contributed by atoms with Crippen LogP contribution in [0.25, 0.3) is 0 Å². The van der Waals surface area contributed by atoms with Crippen LogP contribution in [0.1, 0.15) is 20.8 Å². The summed E-state index contributed by atoms with van der Waals surface area (Å²) in [6, 6.07) is 8.82. The molecule has 0 aliphatic rings. The Hall–Kier alpha value is -2.34. The van der Waals surface area contributed by atoms with Crippen LogP contribution in [0.4, 0.5) is 10.5 Å². The average Bonchev–Trinajstić information content (AvgIpc) is 2.73. The van der Waals surface area contributed by atoms with E-state index in [9.17, 15) is 9.59 Å². The summed E-state index contributed by atoms with van der Waals surface area (Å²) >= 11 is 1.08. The number of nitrogens with two attached hydrogens (primary N) is 1. The zero-order valence-corrected chi connectivity index (χ0v) is 10.7. The van der Waals surface area contributed by atoms with E-state index in [1.54, 1.807) is 5.38 Å². The van der Waals surface area contributed by atoms with Gasteiger partial charge in [0.15, 0.2) is 0 Å². The van der Waals surface area contributed by atoms with E-state index in [1.807, 2.05) is 30.3 Å². The number of rotatable bonds is 4. The molecule has 1 aromatic carbocycles. The van der Waals surface area contributed by atoms with E-state index in [-0.39, 0.29) is 10.6 Å². The van der Waals surface area contributed by atoms with Gasteiger partial charge in [-0.15, -0.1) is 11.3 Å². The first-order chi connectivity index (χ1) is 9.08. The predicted molar refractivity (Wildman–Crippen MR) is 73.7 cm³/mol. The minimum atomic E-state index is -1.08. The van der Waals surface area contributed by atoms with Gasteiger partial charge in [0, 0.05) is 6.42 Å². The van der Waals surface area contributed by atoms with Crippen LogP contribution in [0.3, 0.4) is 0 Å². The van der Waals surface area contributed by atoms with Crippen molar-refractivity contribution in [3.8, 4) is 0 Å². The van der Waals surface area contributed by atoms with Crippen molar-refractivity contribution in [1.82, 2.24) is 0 Å². The minimum absolute atomic E-state index is 0.0877. The largest absolute Gasteiger partial charge is 0.477 e. The van der Waals surface area contributed by atoms with Crippen molar-refractivity contribution in [2.75, 3.05) is 5.32 Å². The molecule has 0 saturated carbocycles. The molecule has 2 amide bonds. The van der Waals surface area contributed by atoms with Crippen molar-refractivity contribution in [3.63, 3.8) is 0 Å². The van der Waals surface area contributed by atoms with Crippen molar-refractivity contribution < 1.29 is 14.7 Å². The number of aromatic carboxylic acids is 1.